The number of aryl methyl sites for hydroxylation is 3. The number of carbonyl (C=O) groups excluding carboxylic acids is 1. The molecule has 0 aliphatic rings. The van der Waals surface area contributed by atoms with Crippen LogP contribution in [0.25, 0.3) is 0 Å². The highest BCUT2D eigenvalue weighted by Gasteiger charge is 2.14. The third-order valence-electron chi connectivity index (χ3n) is 3.46. The van der Waals surface area contributed by atoms with Gasteiger partial charge in [0.25, 0.3) is 5.91 Å². The zero-order chi connectivity index (χ0) is 16.4. The lowest BCUT2D eigenvalue weighted by Crippen LogP contribution is -2.17. The van der Waals surface area contributed by atoms with Gasteiger partial charge in [-0.15, -0.1) is 5.10 Å². The van der Waals surface area contributed by atoms with Crippen molar-refractivity contribution >= 4 is 11.9 Å². The largest absolute Gasteiger partial charge is 0.288 e. The Morgan fingerprint density at radius 1 is 1.17 bits per heavy atom. The van der Waals surface area contributed by atoms with E-state index in [1.165, 1.54) is 10.2 Å². The van der Waals surface area contributed by atoms with Gasteiger partial charge >= 0.3 is 0 Å². The molecule has 0 saturated carbocycles. The van der Waals surface area contributed by atoms with Crippen LogP contribution < -0.4 is 5.32 Å². The summed E-state index contributed by atoms with van der Waals surface area (Å²) < 4.78 is 3.22. The average molecular weight is 310 g/mol. The molecule has 0 saturated heterocycles. The van der Waals surface area contributed by atoms with Crippen molar-refractivity contribution in [1.82, 2.24) is 24.5 Å². The number of aromatic nitrogens is 5. The second-order valence-electron chi connectivity index (χ2n) is 5.50. The van der Waals surface area contributed by atoms with Gasteiger partial charge in [0, 0.05) is 7.05 Å². The number of anilines is 1. The highest BCUT2D eigenvalue weighted by Crippen LogP contribution is 2.08. The lowest BCUT2D eigenvalue weighted by Gasteiger charge is -2.02. The van der Waals surface area contributed by atoms with E-state index in [-0.39, 0.29) is 11.9 Å². The van der Waals surface area contributed by atoms with Crippen molar-refractivity contribution in [2.24, 2.45) is 7.05 Å². The summed E-state index contributed by atoms with van der Waals surface area (Å²) in [7, 11) is 1.73. The van der Waals surface area contributed by atoms with Gasteiger partial charge in [0.2, 0.25) is 5.95 Å². The van der Waals surface area contributed by atoms with Crippen LogP contribution in [0.4, 0.5) is 5.95 Å². The topological polar surface area (TPSA) is 77.6 Å². The molecule has 3 rings (SSSR count). The third-order valence-corrected chi connectivity index (χ3v) is 3.46. The fourth-order valence-corrected chi connectivity index (χ4v) is 2.30. The van der Waals surface area contributed by atoms with E-state index in [0.29, 0.717) is 12.2 Å². The van der Waals surface area contributed by atoms with Crippen molar-refractivity contribution in [3.8, 4) is 0 Å². The van der Waals surface area contributed by atoms with Crippen LogP contribution in [0, 0.1) is 13.8 Å². The van der Waals surface area contributed by atoms with Crippen molar-refractivity contribution < 1.29 is 4.79 Å². The lowest BCUT2D eigenvalue weighted by atomic mass is 10.1. The van der Waals surface area contributed by atoms with Crippen LogP contribution in [0.15, 0.2) is 36.7 Å². The zero-order valence-electron chi connectivity index (χ0n) is 13.3. The predicted molar refractivity (Wildman–Crippen MR) is 86.2 cm³/mol. The molecule has 0 spiro atoms. The van der Waals surface area contributed by atoms with E-state index < -0.39 is 0 Å². The number of hydrogen-bond acceptors (Lipinski definition) is 4. The zero-order valence-corrected chi connectivity index (χ0v) is 13.3. The molecular weight excluding hydrogens is 292 g/mol. The quantitative estimate of drug-likeness (QED) is 0.798. The van der Waals surface area contributed by atoms with Crippen LogP contribution in [-0.4, -0.2) is 30.5 Å². The van der Waals surface area contributed by atoms with Crippen molar-refractivity contribution in [2.45, 2.75) is 20.4 Å². The molecule has 0 radical (unpaired) electrons. The van der Waals surface area contributed by atoms with Crippen LogP contribution in [0.5, 0.6) is 0 Å². The third kappa shape index (κ3) is 3.45. The highest BCUT2D eigenvalue weighted by atomic mass is 16.2. The first kappa shape index (κ1) is 15.0. The molecule has 0 aliphatic heterocycles. The first-order valence-corrected chi connectivity index (χ1v) is 7.28. The Morgan fingerprint density at radius 3 is 2.57 bits per heavy atom. The number of nitrogens with one attached hydrogen (secondary N) is 1. The molecule has 7 heteroatoms. The first-order valence-electron chi connectivity index (χ1n) is 7.28. The van der Waals surface area contributed by atoms with E-state index in [1.54, 1.807) is 24.1 Å². The second kappa shape index (κ2) is 6.04. The Morgan fingerprint density at radius 2 is 1.91 bits per heavy atom. The maximum absolute atomic E-state index is 12.2. The number of hydrogen-bond donors (Lipinski definition) is 1. The molecule has 0 fully saturated rings. The maximum Gasteiger partial charge on any atom is 0.276 e. The number of carbonyl (C=O) groups is 1. The fraction of sp³-hybridized carbons (Fsp3) is 0.250. The molecule has 2 aromatic heterocycles. The summed E-state index contributed by atoms with van der Waals surface area (Å²) >= 11 is 0. The molecule has 0 aliphatic carbocycles. The Kier molecular flexibility index (Phi) is 3.92. The average Bonchev–Trinajstić information content (AvgIpc) is 3.07. The summed E-state index contributed by atoms with van der Waals surface area (Å²) in [6, 6.07) is 9.93. The normalized spacial score (nSPS) is 10.7. The van der Waals surface area contributed by atoms with Crippen LogP contribution >= 0.6 is 0 Å². The minimum Gasteiger partial charge on any atom is -0.288 e. The monoisotopic (exact) mass is 310 g/mol. The fourth-order valence-electron chi connectivity index (χ4n) is 2.30. The standard InChI is InChI=1S/C16H18N6O/c1-11-4-6-13(7-5-11)9-22-10-17-16(20-22)18-15(23)14-8-12(2)19-21(14)3/h4-8,10H,9H2,1-3H3,(H,18,20,23). The summed E-state index contributed by atoms with van der Waals surface area (Å²) in [4.78, 5) is 16.3. The number of nitrogens with zero attached hydrogens (tertiary/aromatic N) is 5. The highest BCUT2D eigenvalue weighted by molar-refractivity contribution is 6.02. The summed E-state index contributed by atoms with van der Waals surface area (Å²) in [6.45, 7) is 4.49. The van der Waals surface area contributed by atoms with Gasteiger partial charge in [-0.1, -0.05) is 29.8 Å². The Hall–Kier alpha value is -2.96. The second-order valence-corrected chi connectivity index (χ2v) is 5.50. The molecule has 1 aromatic carbocycles. The van der Waals surface area contributed by atoms with E-state index in [0.717, 1.165) is 11.3 Å². The number of amides is 1. The first-order chi connectivity index (χ1) is 11.0. The van der Waals surface area contributed by atoms with E-state index in [4.69, 9.17) is 0 Å². The Balaban J connectivity index is 1.68. The molecule has 118 valence electrons. The van der Waals surface area contributed by atoms with Gasteiger partial charge < -0.3 is 0 Å². The molecule has 1 amide bonds. The smallest absolute Gasteiger partial charge is 0.276 e. The van der Waals surface area contributed by atoms with Gasteiger partial charge in [0.15, 0.2) is 0 Å². The van der Waals surface area contributed by atoms with Gasteiger partial charge in [-0.2, -0.15) is 5.10 Å². The number of benzene rings is 1. The molecule has 0 atom stereocenters. The molecule has 0 unspecified atom stereocenters. The van der Waals surface area contributed by atoms with Crippen LogP contribution in [0.1, 0.15) is 27.3 Å². The molecular formula is C16H18N6O. The summed E-state index contributed by atoms with van der Waals surface area (Å²) in [6.07, 6.45) is 1.60. The SMILES string of the molecule is Cc1ccc(Cn2cnc(NC(=O)c3cc(C)nn3C)n2)cc1. The minimum atomic E-state index is -0.277. The van der Waals surface area contributed by atoms with E-state index in [1.807, 2.05) is 26.0 Å². The maximum atomic E-state index is 12.2. The van der Waals surface area contributed by atoms with Crippen molar-refractivity contribution in [3.05, 3.63) is 59.2 Å². The Bertz CT molecular complexity index is 831. The van der Waals surface area contributed by atoms with Gasteiger partial charge in [-0.3, -0.25) is 14.8 Å². The van der Waals surface area contributed by atoms with Crippen molar-refractivity contribution in [2.75, 3.05) is 5.32 Å². The minimum absolute atomic E-state index is 0.277. The van der Waals surface area contributed by atoms with Crippen LogP contribution in [0.2, 0.25) is 0 Å². The number of rotatable bonds is 4. The lowest BCUT2D eigenvalue weighted by molar-refractivity contribution is 0.101. The molecule has 23 heavy (non-hydrogen) atoms. The van der Waals surface area contributed by atoms with Crippen LogP contribution in [0.3, 0.4) is 0 Å². The van der Waals surface area contributed by atoms with Gasteiger partial charge in [0.1, 0.15) is 12.0 Å². The van der Waals surface area contributed by atoms with E-state index in [9.17, 15) is 4.79 Å². The molecule has 2 heterocycles. The van der Waals surface area contributed by atoms with Crippen molar-refractivity contribution in [1.29, 1.82) is 0 Å². The van der Waals surface area contributed by atoms with Crippen LogP contribution in [-0.2, 0) is 13.6 Å². The predicted octanol–water partition coefficient (Wildman–Crippen LogP) is 1.93. The van der Waals surface area contributed by atoms with Gasteiger partial charge in [0.05, 0.1) is 12.2 Å². The Labute approximate surface area is 134 Å². The van der Waals surface area contributed by atoms with Crippen molar-refractivity contribution in [3.63, 3.8) is 0 Å². The summed E-state index contributed by atoms with van der Waals surface area (Å²) in [5, 5.41) is 11.1. The van der Waals surface area contributed by atoms with E-state index in [2.05, 4.69) is 32.6 Å². The van der Waals surface area contributed by atoms with Gasteiger partial charge in [-0.05, 0) is 25.5 Å². The molecule has 0 bridgehead atoms. The van der Waals surface area contributed by atoms with Gasteiger partial charge in [-0.25, -0.2) is 9.67 Å². The summed E-state index contributed by atoms with van der Waals surface area (Å²) in [5.74, 6) is 0.00199. The van der Waals surface area contributed by atoms with E-state index >= 15 is 0 Å². The summed E-state index contributed by atoms with van der Waals surface area (Å²) in [5.41, 5.74) is 3.60. The molecule has 3 aromatic rings. The molecule has 7 nitrogen and oxygen atoms in total. The molecule has 1 N–H and O–H groups in total.